The van der Waals surface area contributed by atoms with E-state index in [-0.39, 0.29) is 12.7 Å². The number of pyridine rings is 1. The highest BCUT2D eigenvalue weighted by Crippen LogP contribution is 2.13. The van der Waals surface area contributed by atoms with Gasteiger partial charge in [0.05, 0.1) is 25.0 Å². The van der Waals surface area contributed by atoms with E-state index in [0.29, 0.717) is 6.61 Å². The molecule has 2 aromatic heterocycles. The summed E-state index contributed by atoms with van der Waals surface area (Å²) in [4.78, 5) is 6.95. The van der Waals surface area contributed by atoms with Gasteiger partial charge in [0.25, 0.3) is 0 Å². The molecule has 1 unspecified atom stereocenters. The number of hydrogen-bond acceptors (Lipinski definition) is 4. The average molecular weight is 261 g/mol. The van der Waals surface area contributed by atoms with E-state index in [2.05, 4.69) is 33.5 Å². The Bertz CT molecular complexity index is 567. The first-order valence-electron chi connectivity index (χ1n) is 6.64. The van der Waals surface area contributed by atoms with Crippen molar-refractivity contribution in [2.24, 2.45) is 0 Å². The number of aliphatic hydroxyl groups excluding tert-OH is 1. The zero-order valence-corrected chi connectivity index (χ0v) is 11.1. The Kier molecular flexibility index (Phi) is 3.50. The van der Waals surface area contributed by atoms with Gasteiger partial charge in [0.2, 0.25) is 0 Å². The van der Waals surface area contributed by atoms with Crippen molar-refractivity contribution in [2.75, 3.05) is 26.3 Å². The molecule has 1 saturated heterocycles. The highest BCUT2D eigenvalue weighted by Gasteiger charge is 2.20. The highest BCUT2D eigenvalue weighted by molar-refractivity contribution is 5.47. The minimum atomic E-state index is -0.0625. The van der Waals surface area contributed by atoms with Crippen LogP contribution in [-0.2, 0) is 11.3 Å². The zero-order chi connectivity index (χ0) is 13.2. The maximum absolute atomic E-state index is 9.15. The third kappa shape index (κ3) is 2.63. The molecular formula is C14H19N3O2. The molecule has 1 N–H and O–H groups in total. The van der Waals surface area contributed by atoms with Crippen LogP contribution in [0.5, 0.6) is 0 Å². The lowest BCUT2D eigenvalue weighted by Gasteiger charge is -2.31. The molecule has 0 amide bonds. The van der Waals surface area contributed by atoms with E-state index < -0.39 is 0 Å². The molecular weight excluding hydrogens is 242 g/mol. The van der Waals surface area contributed by atoms with Crippen LogP contribution in [0, 0.1) is 6.92 Å². The van der Waals surface area contributed by atoms with Crippen LogP contribution in [0.3, 0.4) is 0 Å². The van der Waals surface area contributed by atoms with Crippen molar-refractivity contribution in [2.45, 2.75) is 19.6 Å². The van der Waals surface area contributed by atoms with Gasteiger partial charge in [0, 0.05) is 32.0 Å². The molecule has 5 heteroatoms. The van der Waals surface area contributed by atoms with Gasteiger partial charge < -0.3 is 14.2 Å². The van der Waals surface area contributed by atoms with Crippen molar-refractivity contribution in [3.63, 3.8) is 0 Å². The Morgan fingerprint density at radius 3 is 3.21 bits per heavy atom. The normalized spacial score (nSPS) is 21.1. The number of morpholine rings is 1. The molecule has 0 aromatic carbocycles. The Hall–Kier alpha value is -1.43. The van der Waals surface area contributed by atoms with Crippen LogP contribution >= 0.6 is 0 Å². The first kappa shape index (κ1) is 12.6. The second kappa shape index (κ2) is 5.28. The minimum Gasteiger partial charge on any atom is -0.394 e. The predicted molar refractivity (Wildman–Crippen MR) is 72.0 cm³/mol. The fourth-order valence-electron chi connectivity index (χ4n) is 2.54. The molecule has 19 heavy (non-hydrogen) atoms. The van der Waals surface area contributed by atoms with Gasteiger partial charge in [-0.2, -0.15) is 0 Å². The molecule has 1 aliphatic heterocycles. The van der Waals surface area contributed by atoms with Gasteiger partial charge in [-0.3, -0.25) is 4.90 Å². The molecule has 5 nitrogen and oxygen atoms in total. The summed E-state index contributed by atoms with van der Waals surface area (Å²) in [5, 5.41) is 9.15. The first-order valence-corrected chi connectivity index (χ1v) is 6.64. The van der Waals surface area contributed by atoms with Crippen LogP contribution in [0.1, 0.15) is 11.3 Å². The summed E-state index contributed by atoms with van der Waals surface area (Å²) in [6.07, 6.45) is 4.04. The summed E-state index contributed by atoms with van der Waals surface area (Å²) >= 11 is 0. The third-order valence-electron chi connectivity index (χ3n) is 3.54. The summed E-state index contributed by atoms with van der Waals surface area (Å²) in [6.45, 7) is 5.30. The number of aromatic nitrogens is 2. The van der Waals surface area contributed by atoms with Crippen molar-refractivity contribution in [3.8, 4) is 0 Å². The molecule has 0 aliphatic carbocycles. The predicted octanol–water partition coefficient (Wildman–Crippen LogP) is 0.836. The number of rotatable bonds is 3. The van der Waals surface area contributed by atoms with Crippen LogP contribution in [0.4, 0.5) is 0 Å². The largest absolute Gasteiger partial charge is 0.394 e. The van der Waals surface area contributed by atoms with E-state index in [1.54, 1.807) is 0 Å². The Balaban J connectivity index is 1.76. The second-order valence-electron chi connectivity index (χ2n) is 5.06. The highest BCUT2D eigenvalue weighted by atomic mass is 16.5. The number of aryl methyl sites for hydroxylation is 1. The summed E-state index contributed by atoms with van der Waals surface area (Å²) in [5.74, 6) is 0. The molecule has 0 saturated carbocycles. The number of fused-ring (bicyclic) bond motifs is 1. The van der Waals surface area contributed by atoms with Crippen molar-refractivity contribution < 1.29 is 9.84 Å². The van der Waals surface area contributed by atoms with Gasteiger partial charge in [0.15, 0.2) is 0 Å². The lowest BCUT2D eigenvalue weighted by atomic mass is 10.2. The minimum absolute atomic E-state index is 0.0625. The number of imidazole rings is 1. The van der Waals surface area contributed by atoms with Crippen molar-refractivity contribution in [1.82, 2.24) is 14.3 Å². The maximum atomic E-state index is 9.15. The third-order valence-corrected chi connectivity index (χ3v) is 3.54. The fraction of sp³-hybridized carbons (Fsp3) is 0.500. The van der Waals surface area contributed by atoms with Gasteiger partial charge >= 0.3 is 0 Å². The van der Waals surface area contributed by atoms with E-state index in [0.717, 1.165) is 31.0 Å². The van der Waals surface area contributed by atoms with Gasteiger partial charge in [-0.1, -0.05) is 6.07 Å². The van der Waals surface area contributed by atoms with Crippen molar-refractivity contribution in [1.29, 1.82) is 0 Å². The SMILES string of the molecule is Cc1cccn2cc(CN3CCOC(CO)C3)nc12. The van der Waals surface area contributed by atoms with E-state index in [4.69, 9.17) is 9.84 Å². The molecule has 0 spiro atoms. The van der Waals surface area contributed by atoms with Crippen LogP contribution in [0.2, 0.25) is 0 Å². The Labute approximate surface area is 112 Å². The fourth-order valence-corrected chi connectivity index (χ4v) is 2.54. The quantitative estimate of drug-likeness (QED) is 0.889. The topological polar surface area (TPSA) is 50.0 Å². The monoisotopic (exact) mass is 261 g/mol. The van der Waals surface area contributed by atoms with Crippen molar-refractivity contribution in [3.05, 3.63) is 35.8 Å². The van der Waals surface area contributed by atoms with E-state index >= 15 is 0 Å². The number of aliphatic hydroxyl groups is 1. The van der Waals surface area contributed by atoms with Crippen molar-refractivity contribution >= 4 is 5.65 Å². The summed E-state index contributed by atoms with van der Waals surface area (Å²) in [5.41, 5.74) is 3.27. The second-order valence-corrected chi connectivity index (χ2v) is 5.06. The lowest BCUT2D eigenvalue weighted by molar-refractivity contribution is -0.0553. The standard InChI is InChI=1S/C14H19N3O2/c1-11-3-2-4-17-8-12(15-14(11)17)7-16-5-6-19-13(9-16)10-18/h2-4,8,13,18H,5-7,9-10H2,1H3. The summed E-state index contributed by atoms with van der Waals surface area (Å²) < 4.78 is 7.52. The van der Waals surface area contributed by atoms with Gasteiger partial charge in [-0.05, 0) is 18.6 Å². The Morgan fingerprint density at radius 1 is 1.53 bits per heavy atom. The summed E-state index contributed by atoms with van der Waals surface area (Å²) in [6, 6.07) is 4.10. The van der Waals surface area contributed by atoms with Crippen LogP contribution in [0.25, 0.3) is 5.65 Å². The molecule has 3 rings (SSSR count). The number of hydrogen-bond donors (Lipinski definition) is 1. The maximum Gasteiger partial charge on any atom is 0.139 e. The molecule has 1 fully saturated rings. The van der Waals surface area contributed by atoms with Gasteiger partial charge in [0.1, 0.15) is 5.65 Å². The molecule has 1 aliphatic rings. The van der Waals surface area contributed by atoms with Crippen LogP contribution in [-0.4, -0.2) is 51.8 Å². The number of ether oxygens (including phenoxy) is 1. The van der Waals surface area contributed by atoms with Crippen LogP contribution in [0.15, 0.2) is 24.5 Å². The van der Waals surface area contributed by atoms with E-state index in [1.165, 1.54) is 5.56 Å². The molecule has 3 heterocycles. The Morgan fingerprint density at radius 2 is 2.42 bits per heavy atom. The molecule has 2 aromatic rings. The number of nitrogens with zero attached hydrogens (tertiary/aromatic N) is 3. The molecule has 0 bridgehead atoms. The van der Waals surface area contributed by atoms with Gasteiger partial charge in [-0.25, -0.2) is 4.98 Å². The van der Waals surface area contributed by atoms with Gasteiger partial charge in [-0.15, -0.1) is 0 Å². The zero-order valence-electron chi connectivity index (χ0n) is 11.1. The average Bonchev–Trinajstić information content (AvgIpc) is 2.83. The molecule has 1 atom stereocenters. The lowest BCUT2D eigenvalue weighted by Crippen LogP contribution is -2.43. The van der Waals surface area contributed by atoms with E-state index in [9.17, 15) is 0 Å². The summed E-state index contributed by atoms with van der Waals surface area (Å²) in [7, 11) is 0. The first-order chi connectivity index (χ1) is 9.26. The smallest absolute Gasteiger partial charge is 0.139 e. The molecule has 0 radical (unpaired) electrons. The van der Waals surface area contributed by atoms with Crippen LogP contribution < -0.4 is 0 Å². The van der Waals surface area contributed by atoms with E-state index in [1.807, 2.05) is 12.3 Å². The molecule has 102 valence electrons.